The van der Waals surface area contributed by atoms with E-state index in [-0.39, 0.29) is 0 Å². The lowest BCUT2D eigenvalue weighted by atomic mass is 10.1. The summed E-state index contributed by atoms with van der Waals surface area (Å²) in [5.41, 5.74) is 2.54. The molecule has 1 aromatic heterocycles. The molecule has 10 heavy (non-hydrogen) atoms. The Morgan fingerprint density at radius 2 is 2.50 bits per heavy atom. The first-order valence-corrected chi connectivity index (χ1v) is 3.39. The minimum Gasteiger partial charge on any atom is -0.472 e. The van der Waals surface area contributed by atoms with Crippen LogP contribution < -0.4 is 5.32 Å². The van der Waals surface area contributed by atoms with E-state index in [1.54, 1.807) is 12.5 Å². The van der Waals surface area contributed by atoms with Crippen molar-refractivity contribution in [1.29, 1.82) is 0 Å². The SMILES string of the molecule is C1=C(c2ccoc2)CNC1. The Hall–Kier alpha value is -1.02. The molecule has 0 saturated heterocycles. The Labute approximate surface area is 59.5 Å². The van der Waals surface area contributed by atoms with Gasteiger partial charge in [-0.1, -0.05) is 6.08 Å². The molecule has 0 radical (unpaired) electrons. The van der Waals surface area contributed by atoms with E-state index in [0.29, 0.717) is 0 Å². The Balaban J connectivity index is 2.28. The van der Waals surface area contributed by atoms with Gasteiger partial charge in [0.15, 0.2) is 0 Å². The van der Waals surface area contributed by atoms with E-state index < -0.39 is 0 Å². The van der Waals surface area contributed by atoms with Gasteiger partial charge in [-0.25, -0.2) is 0 Å². The minimum absolute atomic E-state index is 0.972. The molecule has 0 saturated carbocycles. The first-order chi connectivity index (χ1) is 4.97. The highest BCUT2D eigenvalue weighted by Crippen LogP contribution is 2.15. The van der Waals surface area contributed by atoms with Crippen molar-refractivity contribution in [2.45, 2.75) is 0 Å². The number of nitrogens with one attached hydrogen (secondary N) is 1. The van der Waals surface area contributed by atoms with Crippen LogP contribution in [0, 0.1) is 0 Å². The van der Waals surface area contributed by atoms with Gasteiger partial charge in [0.2, 0.25) is 0 Å². The summed E-state index contributed by atoms with van der Waals surface area (Å²) >= 11 is 0. The summed E-state index contributed by atoms with van der Waals surface area (Å²) in [6.45, 7) is 1.96. The van der Waals surface area contributed by atoms with Crippen LogP contribution >= 0.6 is 0 Å². The molecule has 2 heterocycles. The van der Waals surface area contributed by atoms with E-state index in [0.717, 1.165) is 13.1 Å². The third-order valence-electron chi connectivity index (χ3n) is 1.70. The molecule has 1 aliphatic rings. The van der Waals surface area contributed by atoms with Crippen LogP contribution in [-0.2, 0) is 0 Å². The Morgan fingerprint density at radius 3 is 3.10 bits per heavy atom. The van der Waals surface area contributed by atoms with Crippen LogP contribution in [0.1, 0.15) is 5.56 Å². The van der Waals surface area contributed by atoms with Crippen LogP contribution in [-0.4, -0.2) is 13.1 Å². The summed E-state index contributed by atoms with van der Waals surface area (Å²) in [5, 5.41) is 3.23. The fourth-order valence-electron chi connectivity index (χ4n) is 1.14. The van der Waals surface area contributed by atoms with Crippen molar-refractivity contribution in [1.82, 2.24) is 5.32 Å². The zero-order valence-electron chi connectivity index (χ0n) is 5.63. The molecule has 1 N–H and O–H groups in total. The van der Waals surface area contributed by atoms with Crippen molar-refractivity contribution < 1.29 is 4.42 Å². The Kier molecular flexibility index (Phi) is 1.32. The molecule has 1 aliphatic heterocycles. The summed E-state index contributed by atoms with van der Waals surface area (Å²) in [6, 6.07) is 1.98. The topological polar surface area (TPSA) is 25.2 Å². The molecule has 0 atom stereocenters. The van der Waals surface area contributed by atoms with Gasteiger partial charge >= 0.3 is 0 Å². The van der Waals surface area contributed by atoms with E-state index >= 15 is 0 Å². The molecular weight excluding hydrogens is 126 g/mol. The molecule has 0 spiro atoms. The van der Waals surface area contributed by atoms with Crippen LogP contribution in [0.3, 0.4) is 0 Å². The summed E-state index contributed by atoms with van der Waals surface area (Å²) in [4.78, 5) is 0. The average molecular weight is 135 g/mol. The molecule has 0 bridgehead atoms. The van der Waals surface area contributed by atoms with Crippen molar-refractivity contribution in [2.75, 3.05) is 13.1 Å². The lowest BCUT2D eigenvalue weighted by Crippen LogP contribution is -2.07. The maximum absolute atomic E-state index is 4.96. The largest absolute Gasteiger partial charge is 0.472 e. The van der Waals surface area contributed by atoms with E-state index in [4.69, 9.17) is 4.42 Å². The molecule has 1 aromatic rings. The molecule has 0 aliphatic carbocycles. The van der Waals surface area contributed by atoms with Gasteiger partial charge in [-0.15, -0.1) is 0 Å². The van der Waals surface area contributed by atoms with Gasteiger partial charge in [0.1, 0.15) is 0 Å². The predicted octanol–water partition coefficient (Wildman–Crippen LogP) is 1.27. The Bertz CT molecular complexity index is 236. The molecular formula is C8H9NO. The highest BCUT2D eigenvalue weighted by atomic mass is 16.3. The van der Waals surface area contributed by atoms with Crippen molar-refractivity contribution in [3.05, 3.63) is 30.2 Å². The highest BCUT2D eigenvalue weighted by Gasteiger charge is 2.05. The number of furan rings is 1. The molecule has 0 fully saturated rings. The van der Waals surface area contributed by atoms with Gasteiger partial charge in [0.05, 0.1) is 12.5 Å². The standard InChI is InChI=1S/C8H9NO/c1-3-9-5-7(1)8-2-4-10-6-8/h1-2,4,6,9H,3,5H2. The molecule has 0 aromatic carbocycles. The Morgan fingerprint density at radius 1 is 1.50 bits per heavy atom. The van der Waals surface area contributed by atoms with E-state index in [1.165, 1.54) is 11.1 Å². The van der Waals surface area contributed by atoms with Crippen LogP contribution in [0.4, 0.5) is 0 Å². The third kappa shape index (κ3) is 0.866. The van der Waals surface area contributed by atoms with Gasteiger partial charge in [-0.2, -0.15) is 0 Å². The molecule has 2 heteroatoms. The quantitative estimate of drug-likeness (QED) is 0.627. The van der Waals surface area contributed by atoms with Gasteiger partial charge in [-0.3, -0.25) is 0 Å². The van der Waals surface area contributed by atoms with E-state index in [1.807, 2.05) is 6.07 Å². The first-order valence-electron chi connectivity index (χ1n) is 3.39. The van der Waals surface area contributed by atoms with Gasteiger partial charge in [0.25, 0.3) is 0 Å². The molecule has 52 valence electrons. The normalized spacial score (nSPS) is 17.4. The maximum Gasteiger partial charge on any atom is 0.0978 e. The third-order valence-corrected chi connectivity index (χ3v) is 1.70. The summed E-state index contributed by atoms with van der Waals surface area (Å²) in [7, 11) is 0. The second kappa shape index (κ2) is 2.31. The second-order valence-electron chi connectivity index (χ2n) is 2.37. The zero-order valence-corrected chi connectivity index (χ0v) is 5.63. The monoisotopic (exact) mass is 135 g/mol. The molecule has 0 amide bonds. The lowest BCUT2D eigenvalue weighted by molar-refractivity contribution is 0.566. The number of rotatable bonds is 1. The number of hydrogen-bond acceptors (Lipinski definition) is 2. The van der Waals surface area contributed by atoms with Gasteiger partial charge < -0.3 is 9.73 Å². The van der Waals surface area contributed by atoms with E-state index in [2.05, 4.69) is 11.4 Å². The second-order valence-corrected chi connectivity index (χ2v) is 2.37. The average Bonchev–Trinajstić information content (AvgIpc) is 2.59. The van der Waals surface area contributed by atoms with Crippen molar-refractivity contribution >= 4 is 5.57 Å². The van der Waals surface area contributed by atoms with E-state index in [9.17, 15) is 0 Å². The van der Waals surface area contributed by atoms with Crippen LogP contribution in [0.15, 0.2) is 29.1 Å². The highest BCUT2D eigenvalue weighted by molar-refractivity contribution is 5.67. The van der Waals surface area contributed by atoms with Crippen molar-refractivity contribution in [3.8, 4) is 0 Å². The smallest absolute Gasteiger partial charge is 0.0978 e. The summed E-state index contributed by atoms with van der Waals surface area (Å²) in [6.07, 6.45) is 5.66. The maximum atomic E-state index is 4.96. The summed E-state index contributed by atoms with van der Waals surface area (Å²) < 4.78 is 4.96. The fraction of sp³-hybridized carbons (Fsp3) is 0.250. The predicted molar refractivity (Wildman–Crippen MR) is 39.6 cm³/mol. The van der Waals surface area contributed by atoms with Crippen molar-refractivity contribution in [3.63, 3.8) is 0 Å². The van der Waals surface area contributed by atoms with Crippen LogP contribution in [0.5, 0.6) is 0 Å². The van der Waals surface area contributed by atoms with Crippen LogP contribution in [0.25, 0.3) is 5.57 Å². The first kappa shape index (κ1) is 5.74. The summed E-state index contributed by atoms with van der Waals surface area (Å²) in [5.74, 6) is 0. The van der Waals surface area contributed by atoms with Crippen LogP contribution in [0.2, 0.25) is 0 Å². The zero-order chi connectivity index (χ0) is 6.81. The van der Waals surface area contributed by atoms with Crippen molar-refractivity contribution in [2.24, 2.45) is 0 Å². The number of hydrogen-bond donors (Lipinski definition) is 1. The molecule has 2 nitrogen and oxygen atoms in total. The van der Waals surface area contributed by atoms with Gasteiger partial charge in [0, 0.05) is 18.7 Å². The molecule has 2 rings (SSSR count). The molecule has 0 unspecified atom stereocenters. The fourth-order valence-corrected chi connectivity index (χ4v) is 1.14. The minimum atomic E-state index is 0.972. The lowest BCUT2D eigenvalue weighted by Gasteiger charge is -1.93. The van der Waals surface area contributed by atoms with Gasteiger partial charge in [-0.05, 0) is 11.6 Å².